The molecular formula is C16H22N2O4. The fourth-order valence-electron chi connectivity index (χ4n) is 2.51. The van der Waals surface area contributed by atoms with Crippen molar-refractivity contribution in [2.24, 2.45) is 5.73 Å². The number of likely N-dealkylation sites (tertiary alicyclic amines) is 1. The highest BCUT2D eigenvalue weighted by Crippen LogP contribution is 2.23. The van der Waals surface area contributed by atoms with Crippen molar-refractivity contribution in [3.63, 3.8) is 0 Å². The van der Waals surface area contributed by atoms with Gasteiger partial charge in [0.1, 0.15) is 6.61 Å². The number of hydrogen-bond acceptors (Lipinski definition) is 5. The van der Waals surface area contributed by atoms with E-state index in [1.54, 1.807) is 11.8 Å². The smallest absolute Gasteiger partial charge is 0.410 e. The van der Waals surface area contributed by atoms with E-state index < -0.39 is 11.6 Å². The molecule has 120 valence electrons. The molecule has 22 heavy (non-hydrogen) atoms. The molecule has 1 fully saturated rings. The van der Waals surface area contributed by atoms with Crippen molar-refractivity contribution < 1.29 is 19.1 Å². The Labute approximate surface area is 130 Å². The van der Waals surface area contributed by atoms with Crippen LogP contribution >= 0.6 is 0 Å². The molecule has 6 heteroatoms. The fraction of sp³-hybridized carbons (Fsp3) is 0.500. The van der Waals surface area contributed by atoms with Crippen molar-refractivity contribution in [2.75, 3.05) is 19.7 Å². The van der Waals surface area contributed by atoms with E-state index >= 15 is 0 Å². The Morgan fingerprint density at radius 1 is 1.27 bits per heavy atom. The van der Waals surface area contributed by atoms with Gasteiger partial charge in [0.2, 0.25) is 0 Å². The van der Waals surface area contributed by atoms with Crippen molar-refractivity contribution in [1.82, 2.24) is 4.90 Å². The molecule has 0 spiro atoms. The van der Waals surface area contributed by atoms with Gasteiger partial charge in [-0.2, -0.15) is 0 Å². The number of nitrogens with zero attached hydrogens (tertiary/aromatic N) is 1. The van der Waals surface area contributed by atoms with Gasteiger partial charge in [-0.1, -0.05) is 30.3 Å². The topological polar surface area (TPSA) is 81.9 Å². The lowest BCUT2D eigenvalue weighted by atomic mass is 9.96. The van der Waals surface area contributed by atoms with E-state index in [0.717, 1.165) is 5.56 Å². The van der Waals surface area contributed by atoms with Crippen LogP contribution in [0.15, 0.2) is 30.3 Å². The van der Waals surface area contributed by atoms with Gasteiger partial charge in [0.15, 0.2) is 0 Å². The largest absolute Gasteiger partial charge is 0.466 e. The average molecular weight is 306 g/mol. The first-order chi connectivity index (χ1) is 10.5. The summed E-state index contributed by atoms with van der Waals surface area (Å²) < 4.78 is 10.2. The van der Waals surface area contributed by atoms with Gasteiger partial charge in [0.25, 0.3) is 0 Å². The van der Waals surface area contributed by atoms with Crippen molar-refractivity contribution >= 4 is 12.1 Å². The number of nitrogens with two attached hydrogens (primary N) is 1. The normalized spacial score (nSPS) is 20.7. The van der Waals surface area contributed by atoms with Gasteiger partial charge in [-0.25, -0.2) is 4.79 Å². The van der Waals surface area contributed by atoms with Crippen LogP contribution < -0.4 is 5.73 Å². The second-order valence-corrected chi connectivity index (χ2v) is 5.56. The molecule has 0 aromatic heterocycles. The van der Waals surface area contributed by atoms with Gasteiger partial charge in [-0.05, 0) is 18.9 Å². The summed E-state index contributed by atoms with van der Waals surface area (Å²) in [6, 6.07) is 9.48. The molecule has 1 aromatic carbocycles. The van der Waals surface area contributed by atoms with E-state index in [1.165, 1.54) is 0 Å². The second kappa shape index (κ2) is 7.26. The number of ether oxygens (including phenoxy) is 2. The maximum absolute atomic E-state index is 12.0. The van der Waals surface area contributed by atoms with Crippen LogP contribution in [0, 0.1) is 0 Å². The molecular weight excluding hydrogens is 284 g/mol. The molecule has 1 atom stereocenters. The molecule has 1 aromatic rings. The Kier molecular flexibility index (Phi) is 5.38. The Hall–Kier alpha value is -2.08. The molecule has 2 rings (SSSR count). The molecule has 1 saturated heterocycles. The molecule has 2 N–H and O–H groups in total. The van der Waals surface area contributed by atoms with E-state index in [0.29, 0.717) is 26.1 Å². The molecule has 1 aliphatic rings. The Morgan fingerprint density at radius 3 is 2.68 bits per heavy atom. The lowest BCUT2D eigenvalue weighted by Gasteiger charge is -2.23. The van der Waals surface area contributed by atoms with Crippen LogP contribution in [0.5, 0.6) is 0 Å². The summed E-state index contributed by atoms with van der Waals surface area (Å²) >= 11 is 0. The molecule has 0 unspecified atom stereocenters. The van der Waals surface area contributed by atoms with Crippen LogP contribution in [0.2, 0.25) is 0 Å². The van der Waals surface area contributed by atoms with E-state index in [4.69, 9.17) is 15.2 Å². The zero-order valence-electron chi connectivity index (χ0n) is 12.8. The third-order valence-corrected chi connectivity index (χ3v) is 3.65. The van der Waals surface area contributed by atoms with Gasteiger partial charge >= 0.3 is 12.1 Å². The van der Waals surface area contributed by atoms with Crippen LogP contribution in [0.4, 0.5) is 4.79 Å². The Balaban J connectivity index is 1.81. The second-order valence-electron chi connectivity index (χ2n) is 5.56. The number of carbonyl (C=O) groups is 2. The van der Waals surface area contributed by atoms with Gasteiger partial charge < -0.3 is 20.1 Å². The lowest BCUT2D eigenvalue weighted by molar-refractivity contribution is -0.144. The summed E-state index contributed by atoms with van der Waals surface area (Å²) in [5, 5.41) is 0. The number of esters is 1. The quantitative estimate of drug-likeness (QED) is 0.837. The van der Waals surface area contributed by atoms with E-state index in [2.05, 4.69) is 0 Å². The van der Waals surface area contributed by atoms with Gasteiger partial charge in [0.05, 0.1) is 13.0 Å². The summed E-state index contributed by atoms with van der Waals surface area (Å²) in [6.45, 7) is 3.11. The summed E-state index contributed by atoms with van der Waals surface area (Å²) in [4.78, 5) is 25.1. The zero-order chi connectivity index (χ0) is 16.0. The highest BCUT2D eigenvalue weighted by Gasteiger charge is 2.39. The molecule has 0 aliphatic carbocycles. The molecule has 0 saturated carbocycles. The van der Waals surface area contributed by atoms with E-state index in [1.807, 2.05) is 30.3 Å². The minimum absolute atomic E-state index is 0.114. The van der Waals surface area contributed by atoms with Crippen LogP contribution in [0.25, 0.3) is 0 Å². The van der Waals surface area contributed by atoms with Crippen molar-refractivity contribution in [3.8, 4) is 0 Å². The van der Waals surface area contributed by atoms with E-state index in [9.17, 15) is 9.59 Å². The highest BCUT2D eigenvalue weighted by molar-refractivity contribution is 5.72. The summed E-state index contributed by atoms with van der Waals surface area (Å²) in [5.41, 5.74) is 6.38. The number of rotatable bonds is 5. The third kappa shape index (κ3) is 4.46. The van der Waals surface area contributed by atoms with Crippen LogP contribution in [0.1, 0.15) is 25.3 Å². The standard InChI is InChI=1S/C16H22N2O4/c1-2-21-14(19)10-16(17)8-9-18(12-16)15(20)22-11-13-6-4-3-5-7-13/h3-7H,2,8-12,17H2,1H3/t16-/m1/s1. The molecule has 1 amide bonds. The minimum atomic E-state index is -0.724. The maximum Gasteiger partial charge on any atom is 0.410 e. The summed E-state index contributed by atoms with van der Waals surface area (Å²) in [6.07, 6.45) is 0.273. The monoisotopic (exact) mass is 306 g/mol. The van der Waals surface area contributed by atoms with Gasteiger partial charge in [0, 0.05) is 18.6 Å². The molecule has 6 nitrogen and oxygen atoms in total. The summed E-state index contributed by atoms with van der Waals surface area (Å²) in [5.74, 6) is -0.329. The molecule has 1 heterocycles. The number of carbonyl (C=O) groups excluding carboxylic acids is 2. The molecule has 0 bridgehead atoms. The highest BCUT2D eigenvalue weighted by atomic mass is 16.6. The zero-order valence-corrected chi connectivity index (χ0v) is 12.8. The lowest BCUT2D eigenvalue weighted by Crippen LogP contribution is -2.45. The predicted molar refractivity (Wildman–Crippen MR) is 81.0 cm³/mol. The molecule has 0 radical (unpaired) electrons. The predicted octanol–water partition coefficient (Wildman–Crippen LogP) is 1.68. The fourth-order valence-corrected chi connectivity index (χ4v) is 2.51. The number of benzene rings is 1. The molecule has 1 aliphatic heterocycles. The Morgan fingerprint density at radius 2 is 2.00 bits per heavy atom. The van der Waals surface area contributed by atoms with Crippen LogP contribution in [0.3, 0.4) is 0 Å². The van der Waals surface area contributed by atoms with Gasteiger partial charge in [-0.15, -0.1) is 0 Å². The van der Waals surface area contributed by atoms with Crippen molar-refractivity contribution in [1.29, 1.82) is 0 Å². The first-order valence-electron chi connectivity index (χ1n) is 7.42. The van der Waals surface area contributed by atoms with Crippen LogP contribution in [-0.2, 0) is 20.9 Å². The SMILES string of the molecule is CCOC(=O)C[C@]1(N)CCN(C(=O)OCc2ccccc2)C1. The van der Waals surface area contributed by atoms with Crippen molar-refractivity contribution in [3.05, 3.63) is 35.9 Å². The third-order valence-electron chi connectivity index (χ3n) is 3.65. The number of amides is 1. The Bertz CT molecular complexity index is 520. The van der Waals surface area contributed by atoms with E-state index in [-0.39, 0.29) is 19.0 Å². The number of hydrogen-bond donors (Lipinski definition) is 1. The first kappa shape index (κ1) is 16.3. The first-order valence-corrected chi connectivity index (χ1v) is 7.42. The average Bonchev–Trinajstić information content (AvgIpc) is 2.88. The maximum atomic E-state index is 12.0. The minimum Gasteiger partial charge on any atom is -0.466 e. The van der Waals surface area contributed by atoms with Gasteiger partial charge in [-0.3, -0.25) is 4.79 Å². The van der Waals surface area contributed by atoms with Crippen LogP contribution in [-0.4, -0.2) is 42.2 Å². The summed E-state index contributed by atoms with van der Waals surface area (Å²) in [7, 11) is 0. The van der Waals surface area contributed by atoms with Crippen molar-refractivity contribution in [2.45, 2.75) is 31.9 Å².